The van der Waals surface area contributed by atoms with E-state index in [9.17, 15) is 20.0 Å². The second-order valence-corrected chi connectivity index (χ2v) is 5.12. The van der Waals surface area contributed by atoms with Crippen LogP contribution in [0.2, 0.25) is 0 Å². The maximum absolute atomic E-state index is 11.3. The van der Waals surface area contributed by atoms with Crippen LogP contribution in [0.5, 0.6) is 0 Å². The van der Waals surface area contributed by atoms with Crippen molar-refractivity contribution in [3.05, 3.63) is 27.8 Å². The van der Waals surface area contributed by atoms with Crippen LogP contribution in [0.15, 0.2) is 12.1 Å². The molecular weight excluding hydrogens is 276 g/mol. The fourth-order valence-electron chi connectivity index (χ4n) is 2.11. The van der Waals surface area contributed by atoms with Crippen molar-refractivity contribution in [1.29, 1.82) is 0 Å². The standard InChI is InChI=1S/C13H18N4O4/c1-7(18)9(14)6-15-11-4-8-2-3-13(19)16-10(8)5-12(11)17(20)21/h4-5,7,9,15,18H,2-3,6,14H2,1H3,(H,16,19). The Bertz CT molecular complexity index is 574. The Balaban J connectivity index is 2.27. The maximum Gasteiger partial charge on any atom is 0.294 e. The highest BCUT2D eigenvalue weighted by molar-refractivity contribution is 5.95. The van der Waals surface area contributed by atoms with Gasteiger partial charge in [0.05, 0.1) is 16.7 Å². The van der Waals surface area contributed by atoms with Crippen LogP contribution < -0.4 is 16.4 Å². The molecule has 8 nitrogen and oxygen atoms in total. The first kappa shape index (κ1) is 15.2. The van der Waals surface area contributed by atoms with Gasteiger partial charge in [0.25, 0.3) is 5.69 Å². The molecule has 2 rings (SSSR count). The smallest absolute Gasteiger partial charge is 0.294 e. The first-order valence-electron chi connectivity index (χ1n) is 6.67. The minimum absolute atomic E-state index is 0.131. The van der Waals surface area contributed by atoms with Gasteiger partial charge in [-0.05, 0) is 25.0 Å². The molecule has 0 aliphatic carbocycles. The summed E-state index contributed by atoms with van der Waals surface area (Å²) < 4.78 is 0. The molecule has 0 fully saturated rings. The van der Waals surface area contributed by atoms with Gasteiger partial charge < -0.3 is 21.5 Å². The summed E-state index contributed by atoms with van der Waals surface area (Å²) in [6.07, 6.45) is 0.182. The highest BCUT2D eigenvalue weighted by atomic mass is 16.6. The predicted molar refractivity (Wildman–Crippen MR) is 78.2 cm³/mol. The van der Waals surface area contributed by atoms with Crippen molar-refractivity contribution in [1.82, 2.24) is 0 Å². The molecule has 0 bridgehead atoms. The molecule has 1 aromatic rings. The van der Waals surface area contributed by atoms with Crippen molar-refractivity contribution in [3.63, 3.8) is 0 Å². The number of amides is 1. The summed E-state index contributed by atoms with van der Waals surface area (Å²) in [4.78, 5) is 22.0. The van der Waals surface area contributed by atoms with Crippen LogP contribution in [0.25, 0.3) is 0 Å². The van der Waals surface area contributed by atoms with Crippen molar-refractivity contribution in [2.45, 2.75) is 31.9 Å². The highest BCUT2D eigenvalue weighted by Gasteiger charge is 2.23. The first-order chi connectivity index (χ1) is 9.88. The summed E-state index contributed by atoms with van der Waals surface area (Å²) in [6, 6.07) is 2.48. The van der Waals surface area contributed by atoms with Crippen LogP contribution in [0.1, 0.15) is 18.9 Å². The van der Waals surface area contributed by atoms with Gasteiger partial charge in [0, 0.05) is 25.1 Å². The largest absolute Gasteiger partial charge is 0.392 e. The molecule has 1 aromatic carbocycles. The number of nitro benzene ring substituents is 1. The number of aliphatic hydroxyl groups is 1. The zero-order valence-corrected chi connectivity index (χ0v) is 11.6. The number of fused-ring (bicyclic) bond motifs is 1. The van der Waals surface area contributed by atoms with Crippen LogP contribution in [0, 0.1) is 10.1 Å². The Morgan fingerprint density at radius 3 is 2.86 bits per heavy atom. The molecule has 0 aromatic heterocycles. The minimum atomic E-state index is -0.714. The second-order valence-electron chi connectivity index (χ2n) is 5.12. The van der Waals surface area contributed by atoms with Crippen LogP contribution in [-0.4, -0.2) is 34.6 Å². The van der Waals surface area contributed by atoms with Crippen molar-refractivity contribution < 1.29 is 14.8 Å². The lowest BCUT2D eigenvalue weighted by Gasteiger charge is -2.20. The Labute approximate surface area is 121 Å². The molecule has 1 aliphatic rings. The van der Waals surface area contributed by atoms with E-state index in [2.05, 4.69) is 10.6 Å². The lowest BCUT2D eigenvalue weighted by molar-refractivity contribution is -0.383. The van der Waals surface area contributed by atoms with Crippen LogP contribution in [-0.2, 0) is 11.2 Å². The molecule has 2 unspecified atom stereocenters. The third-order valence-corrected chi connectivity index (χ3v) is 3.46. The fraction of sp³-hybridized carbons (Fsp3) is 0.462. The van der Waals surface area contributed by atoms with E-state index in [0.29, 0.717) is 24.2 Å². The number of carbonyl (C=O) groups is 1. The summed E-state index contributed by atoms with van der Waals surface area (Å²) in [5.41, 5.74) is 7.23. The molecular formula is C13H18N4O4. The molecule has 114 valence electrons. The molecule has 0 spiro atoms. The summed E-state index contributed by atoms with van der Waals surface area (Å²) in [5, 5.41) is 26.0. The van der Waals surface area contributed by atoms with Gasteiger partial charge in [-0.15, -0.1) is 0 Å². The number of aryl methyl sites for hydroxylation is 1. The average Bonchev–Trinajstić information content (AvgIpc) is 2.43. The van der Waals surface area contributed by atoms with Crippen LogP contribution in [0.4, 0.5) is 17.1 Å². The third-order valence-electron chi connectivity index (χ3n) is 3.46. The molecule has 5 N–H and O–H groups in total. The summed E-state index contributed by atoms with van der Waals surface area (Å²) >= 11 is 0. The maximum atomic E-state index is 11.3. The zero-order valence-electron chi connectivity index (χ0n) is 11.6. The summed E-state index contributed by atoms with van der Waals surface area (Å²) in [6.45, 7) is 1.77. The minimum Gasteiger partial charge on any atom is -0.392 e. The molecule has 0 saturated heterocycles. The molecule has 0 saturated carbocycles. The number of benzene rings is 1. The number of anilines is 2. The molecule has 1 aliphatic heterocycles. The van der Waals surface area contributed by atoms with E-state index in [0.717, 1.165) is 5.56 Å². The Kier molecular flexibility index (Phi) is 4.39. The molecule has 2 atom stereocenters. The third kappa shape index (κ3) is 3.47. The highest BCUT2D eigenvalue weighted by Crippen LogP contribution is 2.34. The van der Waals surface area contributed by atoms with Gasteiger partial charge in [0.2, 0.25) is 5.91 Å². The van der Waals surface area contributed by atoms with Crippen LogP contribution >= 0.6 is 0 Å². The quantitative estimate of drug-likeness (QED) is 0.464. The number of carbonyl (C=O) groups excluding carboxylic acids is 1. The van der Waals surface area contributed by atoms with Crippen molar-refractivity contribution in [2.24, 2.45) is 5.73 Å². The van der Waals surface area contributed by atoms with E-state index < -0.39 is 17.1 Å². The molecule has 21 heavy (non-hydrogen) atoms. The van der Waals surface area contributed by atoms with E-state index >= 15 is 0 Å². The van der Waals surface area contributed by atoms with Gasteiger partial charge in [0.15, 0.2) is 0 Å². The van der Waals surface area contributed by atoms with E-state index in [1.807, 2.05) is 0 Å². The monoisotopic (exact) mass is 294 g/mol. The molecule has 8 heteroatoms. The number of nitrogens with one attached hydrogen (secondary N) is 2. The Hall–Kier alpha value is -2.19. The SMILES string of the molecule is CC(O)C(N)CNc1cc2c(cc1[N+](=O)[O-])NC(=O)CC2. The first-order valence-corrected chi connectivity index (χ1v) is 6.67. The Morgan fingerprint density at radius 2 is 2.24 bits per heavy atom. The summed E-state index contributed by atoms with van der Waals surface area (Å²) in [5.74, 6) is -0.145. The normalized spacial score (nSPS) is 16.6. The lowest BCUT2D eigenvalue weighted by atomic mass is 10.0. The van der Waals surface area contributed by atoms with E-state index in [1.54, 1.807) is 13.0 Å². The van der Waals surface area contributed by atoms with E-state index in [4.69, 9.17) is 5.73 Å². The number of nitrogens with zero attached hydrogens (tertiary/aromatic N) is 1. The van der Waals surface area contributed by atoms with Gasteiger partial charge in [-0.1, -0.05) is 0 Å². The van der Waals surface area contributed by atoms with Gasteiger partial charge >= 0.3 is 0 Å². The van der Waals surface area contributed by atoms with Gasteiger partial charge in [-0.25, -0.2) is 0 Å². The number of aliphatic hydroxyl groups excluding tert-OH is 1. The number of rotatable bonds is 5. The number of hydrogen-bond donors (Lipinski definition) is 4. The predicted octanol–water partition coefficient (Wildman–Crippen LogP) is 0.599. The van der Waals surface area contributed by atoms with Crippen molar-refractivity contribution in [3.8, 4) is 0 Å². The van der Waals surface area contributed by atoms with E-state index in [1.165, 1.54) is 6.07 Å². The van der Waals surface area contributed by atoms with E-state index in [-0.39, 0.29) is 18.1 Å². The zero-order chi connectivity index (χ0) is 15.6. The Morgan fingerprint density at radius 1 is 1.52 bits per heavy atom. The van der Waals surface area contributed by atoms with Crippen molar-refractivity contribution in [2.75, 3.05) is 17.2 Å². The molecule has 0 radical (unpaired) electrons. The molecule has 1 amide bonds. The number of nitro groups is 1. The van der Waals surface area contributed by atoms with Crippen molar-refractivity contribution >= 4 is 23.0 Å². The van der Waals surface area contributed by atoms with Gasteiger partial charge in [-0.3, -0.25) is 14.9 Å². The lowest BCUT2D eigenvalue weighted by Crippen LogP contribution is -2.38. The van der Waals surface area contributed by atoms with Gasteiger partial charge in [-0.2, -0.15) is 0 Å². The second kappa shape index (κ2) is 6.06. The van der Waals surface area contributed by atoms with Crippen LogP contribution in [0.3, 0.4) is 0 Å². The molecule has 1 heterocycles. The number of nitrogens with two attached hydrogens (primary N) is 1. The fourth-order valence-corrected chi connectivity index (χ4v) is 2.11. The average molecular weight is 294 g/mol. The van der Waals surface area contributed by atoms with Gasteiger partial charge in [0.1, 0.15) is 5.69 Å². The topological polar surface area (TPSA) is 131 Å². The number of hydrogen-bond acceptors (Lipinski definition) is 6. The summed E-state index contributed by atoms with van der Waals surface area (Å²) in [7, 11) is 0.